The lowest BCUT2D eigenvalue weighted by Gasteiger charge is -2.16. The smallest absolute Gasteiger partial charge is 0.338 e. The van der Waals surface area contributed by atoms with Gasteiger partial charge in [0.15, 0.2) is 0 Å². The molecule has 0 unspecified atom stereocenters. The van der Waals surface area contributed by atoms with Crippen LogP contribution >= 0.6 is 22.9 Å². The van der Waals surface area contributed by atoms with Gasteiger partial charge in [-0.1, -0.05) is 23.9 Å². The van der Waals surface area contributed by atoms with Crippen molar-refractivity contribution < 1.29 is 27.5 Å². The molecule has 0 aliphatic carbocycles. The van der Waals surface area contributed by atoms with E-state index in [2.05, 4.69) is 15.0 Å². The van der Waals surface area contributed by atoms with E-state index in [0.29, 0.717) is 5.69 Å². The first-order valence-corrected chi connectivity index (χ1v) is 12.7. The first-order chi connectivity index (χ1) is 16.7. The van der Waals surface area contributed by atoms with Crippen LogP contribution in [0.25, 0.3) is 4.72 Å². The van der Waals surface area contributed by atoms with Crippen LogP contribution in [-0.2, 0) is 24.3 Å². The minimum Gasteiger partial charge on any atom is -0.462 e. The predicted molar refractivity (Wildman–Crippen MR) is 130 cm³/mol. The summed E-state index contributed by atoms with van der Waals surface area (Å²) in [5.41, 5.74) is 0.434. The molecule has 0 radical (unpaired) electrons. The maximum Gasteiger partial charge on any atom is 0.338 e. The van der Waals surface area contributed by atoms with Gasteiger partial charge in [-0.15, -0.1) is 0 Å². The Hall–Kier alpha value is -3.74. The number of ether oxygens (including phenoxy) is 1. The fraction of sp³-hybridized carbons (Fsp3) is 0.0909. The van der Waals surface area contributed by atoms with Crippen molar-refractivity contribution in [1.29, 1.82) is 0 Å². The number of thiazole rings is 1. The number of benzene rings is 2. The predicted octanol–water partition coefficient (Wildman–Crippen LogP) is 4.15. The summed E-state index contributed by atoms with van der Waals surface area (Å²) in [6.45, 7) is 1.83. The minimum absolute atomic E-state index is 0.0791. The number of esters is 1. The second-order valence-electron chi connectivity index (χ2n) is 6.94. The molecule has 0 saturated carbocycles. The summed E-state index contributed by atoms with van der Waals surface area (Å²) in [5, 5.41) is 4.12. The van der Waals surface area contributed by atoms with Gasteiger partial charge < -0.3 is 19.8 Å². The summed E-state index contributed by atoms with van der Waals surface area (Å²) in [6, 6.07) is 11.3. The second kappa shape index (κ2) is 9.86. The van der Waals surface area contributed by atoms with Crippen LogP contribution in [0.1, 0.15) is 17.3 Å². The number of nitrogens with zero attached hydrogens (tertiary/aromatic N) is 3. The molecule has 1 aliphatic rings. The number of halogens is 1. The van der Waals surface area contributed by atoms with Crippen molar-refractivity contribution in [1.82, 2.24) is 4.98 Å². The molecule has 0 spiro atoms. The number of rotatable bonds is 8. The average Bonchev–Trinajstić information content (AvgIpc) is 3.41. The molecule has 0 fully saturated rings. The second-order valence-corrected chi connectivity index (χ2v) is 9.79. The average molecular weight is 532 g/mol. The lowest BCUT2D eigenvalue weighted by molar-refractivity contribution is -0.120. The monoisotopic (exact) mass is 531 g/mol. The van der Waals surface area contributed by atoms with E-state index in [9.17, 15) is 22.8 Å². The van der Waals surface area contributed by atoms with Crippen molar-refractivity contribution in [2.24, 2.45) is 0 Å². The third-order valence-electron chi connectivity index (χ3n) is 4.68. The SMILES string of the molecule is CCOC(=O)c1cccc(N2C(=O)C(Cl)=C(Nc3ccc(S(=O)(=O)[N-]c4nccs4)cc3)C2=O)c1. The molecule has 0 saturated heterocycles. The number of anilines is 2. The number of imide groups is 1. The Kier molecular flexibility index (Phi) is 6.87. The van der Waals surface area contributed by atoms with Crippen LogP contribution in [-0.4, -0.2) is 37.8 Å². The number of nitrogens with one attached hydrogen (secondary N) is 1. The van der Waals surface area contributed by atoms with Gasteiger partial charge in [0.1, 0.15) is 10.7 Å². The standard InChI is InChI=1S/C22H17ClN4O6S2/c1-2-33-21(30)13-4-3-5-15(12-13)27-19(28)17(23)18(20(27)29)25-14-6-8-16(9-7-14)35(31,32)26-22-24-10-11-34-22/h3-12H,2H2,1H3,(H2,24,25,26,28)/p-1. The van der Waals surface area contributed by atoms with Crippen LogP contribution in [0.4, 0.5) is 16.5 Å². The van der Waals surface area contributed by atoms with Crippen molar-refractivity contribution >= 4 is 67.3 Å². The highest BCUT2D eigenvalue weighted by Crippen LogP contribution is 2.32. The van der Waals surface area contributed by atoms with Crippen molar-refractivity contribution in [3.8, 4) is 0 Å². The van der Waals surface area contributed by atoms with Crippen molar-refractivity contribution in [2.75, 3.05) is 16.8 Å². The van der Waals surface area contributed by atoms with Gasteiger partial charge in [-0.3, -0.25) is 9.59 Å². The summed E-state index contributed by atoms with van der Waals surface area (Å²) in [4.78, 5) is 42.3. The Morgan fingerprint density at radius 2 is 1.91 bits per heavy atom. The summed E-state index contributed by atoms with van der Waals surface area (Å²) >= 11 is 7.23. The molecule has 1 aliphatic heterocycles. The van der Waals surface area contributed by atoms with Crippen molar-refractivity contribution in [3.05, 3.63) is 81.1 Å². The van der Waals surface area contributed by atoms with Crippen LogP contribution in [0, 0.1) is 0 Å². The molecule has 13 heteroatoms. The maximum absolute atomic E-state index is 13.0. The Morgan fingerprint density at radius 1 is 1.17 bits per heavy atom. The van der Waals surface area contributed by atoms with Gasteiger partial charge in [0, 0.05) is 10.8 Å². The van der Waals surface area contributed by atoms with Crippen molar-refractivity contribution in [3.63, 3.8) is 0 Å². The van der Waals surface area contributed by atoms with Gasteiger partial charge in [0.2, 0.25) is 10.0 Å². The summed E-state index contributed by atoms with van der Waals surface area (Å²) in [6.07, 6.45) is 1.44. The molecule has 2 amide bonds. The van der Waals surface area contributed by atoms with Gasteiger partial charge in [0.05, 0.1) is 22.8 Å². The van der Waals surface area contributed by atoms with Crippen LogP contribution in [0.2, 0.25) is 0 Å². The van der Waals surface area contributed by atoms with E-state index in [0.717, 1.165) is 16.2 Å². The zero-order chi connectivity index (χ0) is 25.2. The van der Waals surface area contributed by atoms with E-state index in [1.54, 1.807) is 12.3 Å². The Bertz CT molecular complexity index is 1440. The zero-order valence-corrected chi connectivity index (χ0v) is 20.4. The Labute approximate surface area is 209 Å². The maximum atomic E-state index is 13.0. The van der Waals surface area contributed by atoms with Gasteiger partial charge in [0.25, 0.3) is 11.8 Å². The first kappa shape index (κ1) is 24.4. The van der Waals surface area contributed by atoms with Gasteiger partial charge in [-0.2, -0.15) is 11.3 Å². The number of amides is 2. The topological polar surface area (TPSA) is 137 Å². The largest absolute Gasteiger partial charge is 0.462 e. The van der Waals surface area contributed by atoms with E-state index in [1.807, 2.05) is 0 Å². The highest BCUT2D eigenvalue weighted by atomic mass is 35.5. The van der Waals surface area contributed by atoms with Gasteiger partial charge in [-0.05, 0) is 54.8 Å². The van der Waals surface area contributed by atoms with E-state index in [-0.39, 0.29) is 38.6 Å². The molecule has 10 nitrogen and oxygen atoms in total. The quantitative estimate of drug-likeness (QED) is 0.338. The molecule has 4 rings (SSSR count). The summed E-state index contributed by atoms with van der Waals surface area (Å²) in [5.74, 6) is -2.11. The molecule has 35 heavy (non-hydrogen) atoms. The third-order valence-corrected chi connectivity index (χ3v) is 7.09. The molecule has 1 N–H and O–H groups in total. The molecule has 2 heterocycles. The third kappa shape index (κ3) is 5.04. The summed E-state index contributed by atoms with van der Waals surface area (Å²) in [7, 11) is -3.98. The lowest BCUT2D eigenvalue weighted by Crippen LogP contribution is -2.32. The molecular weight excluding hydrogens is 516 g/mol. The van der Waals surface area contributed by atoms with E-state index in [4.69, 9.17) is 16.3 Å². The number of carbonyl (C=O) groups excluding carboxylic acids is 3. The first-order valence-electron chi connectivity index (χ1n) is 10.0. The highest BCUT2D eigenvalue weighted by molar-refractivity contribution is 7.94. The van der Waals surface area contributed by atoms with Gasteiger partial charge in [-0.25, -0.2) is 18.1 Å². The Morgan fingerprint density at radius 3 is 2.57 bits per heavy atom. The zero-order valence-electron chi connectivity index (χ0n) is 18.0. The number of hydrogen-bond donors (Lipinski definition) is 1. The molecule has 180 valence electrons. The van der Waals surface area contributed by atoms with Crippen molar-refractivity contribution in [2.45, 2.75) is 11.8 Å². The fourth-order valence-electron chi connectivity index (χ4n) is 3.10. The molecule has 1 aromatic heterocycles. The van der Waals surface area contributed by atoms with Crippen LogP contribution in [0.5, 0.6) is 0 Å². The van der Waals surface area contributed by atoms with E-state index < -0.39 is 27.8 Å². The van der Waals surface area contributed by atoms with Crippen LogP contribution in [0.15, 0.2) is 75.7 Å². The van der Waals surface area contributed by atoms with E-state index in [1.165, 1.54) is 54.7 Å². The molecule has 2 aromatic carbocycles. The molecule has 3 aromatic rings. The molecular formula is C22H16ClN4O6S2-. The summed E-state index contributed by atoms with van der Waals surface area (Å²) < 4.78 is 33.5. The van der Waals surface area contributed by atoms with Gasteiger partial charge >= 0.3 is 5.97 Å². The fourth-order valence-corrected chi connectivity index (χ4v) is 4.99. The number of carbonyl (C=O) groups is 3. The van der Waals surface area contributed by atoms with E-state index >= 15 is 0 Å². The lowest BCUT2D eigenvalue weighted by atomic mass is 10.2. The Balaban J connectivity index is 1.52. The normalized spacial score (nSPS) is 13.8. The molecule has 0 bridgehead atoms. The number of hydrogen-bond acceptors (Lipinski definition) is 9. The highest BCUT2D eigenvalue weighted by Gasteiger charge is 2.39. The number of sulfonamides is 1. The van der Waals surface area contributed by atoms with Crippen LogP contribution in [0.3, 0.4) is 0 Å². The molecule has 0 atom stereocenters. The van der Waals surface area contributed by atoms with Crippen LogP contribution < -0.4 is 10.2 Å². The minimum atomic E-state index is -3.98. The number of aromatic nitrogens is 1.